The summed E-state index contributed by atoms with van der Waals surface area (Å²) in [4.78, 5) is 0. The molecule has 2 heteroatoms. The van der Waals surface area contributed by atoms with Crippen molar-refractivity contribution in [3.05, 3.63) is 198 Å². The zero-order chi connectivity index (χ0) is 47.2. The maximum absolute atomic E-state index is 10.3. The second-order valence-corrected chi connectivity index (χ2v) is 10.2. The fraction of sp³-hybridized carbons (Fsp3) is 0.0233. The minimum absolute atomic E-state index is 0.288. The quantitative estimate of drug-likeness (QED) is 0.197. The topological polar surface area (TPSA) is 14.2 Å². The summed E-state index contributed by atoms with van der Waals surface area (Å²) in [6, 6.07) is -3.20. The van der Waals surface area contributed by atoms with Crippen molar-refractivity contribution in [1.29, 1.82) is 0 Å². The number of hydrogen-bond donors (Lipinski definition) is 0. The standard InChI is InChI=1S/C43H29NO/c1-3-15-31(16-4-1)43(32-17-5-2-6-18-32)36-22-10-14-26-41(36)45-42-28-27-30(29-37(42)43)33-19-7-11-23-38(33)44-39-24-12-8-20-34(39)35-21-9-13-25-40(35)44/h1-29H/i1D,2D,3D,4D,5D,6D,7D,10D,11D,14D,15D,16D,17D,19D,22D,23D,26D,27D,28D,29D. The van der Waals surface area contributed by atoms with Crippen LogP contribution >= 0.6 is 0 Å². The molecule has 2 heterocycles. The van der Waals surface area contributed by atoms with Crippen molar-refractivity contribution in [2.24, 2.45) is 0 Å². The van der Waals surface area contributed by atoms with Crippen molar-refractivity contribution in [1.82, 2.24) is 4.57 Å². The molecule has 1 atom stereocenters. The Kier molecular flexibility index (Phi) is 2.84. The lowest BCUT2D eigenvalue weighted by molar-refractivity contribution is 0.434. The second kappa shape index (κ2) is 10.1. The Labute approximate surface area is 290 Å². The molecule has 2 nitrogen and oxygen atoms in total. The van der Waals surface area contributed by atoms with Crippen LogP contribution in [0.4, 0.5) is 0 Å². The van der Waals surface area contributed by atoms with Crippen molar-refractivity contribution in [2.45, 2.75) is 5.41 Å². The van der Waals surface area contributed by atoms with Gasteiger partial charge < -0.3 is 9.30 Å². The molecule has 1 aliphatic heterocycles. The summed E-state index contributed by atoms with van der Waals surface area (Å²) in [6.07, 6.45) is 0. The number of aromatic nitrogens is 1. The normalized spacial score (nSPS) is 21.6. The monoisotopic (exact) mass is 595 g/mol. The fourth-order valence-corrected chi connectivity index (χ4v) is 6.12. The van der Waals surface area contributed by atoms with Crippen LogP contribution in [0.3, 0.4) is 0 Å². The van der Waals surface area contributed by atoms with E-state index in [1.807, 2.05) is 0 Å². The van der Waals surface area contributed by atoms with Crippen LogP contribution in [0.1, 0.15) is 49.7 Å². The highest BCUT2D eigenvalue weighted by atomic mass is 16.5. The first-order chi connectivity index (χ1) is 30.6. The summed E-state index contributed by atoms with van der Waals surface area (Å²) in [7, 11) is 0. The van der Waals surface area contributed by atoms with E-state index in [1.165, 1.54) is 4.57 Å². The number of ether oxygens (including phenoxy) is 1. The van der Waals surface area contributed by atoms with E-state index in [4.69, 9.17) is 19.8 Å². The third kappa shape index (κ3) is 3.76. The summed E-state index contributed by atoms with van der Waals surface area (Å²) in [5, 5.41) is 1.31. The SMILES string of the molecule is [2H]c1cc(C2(c3c([2H])c([2H])c([2H])c([2H])c3[2H])c3c([2H])c([2H])c([2H])c([2H])c3Oc3c([2H])c([2H])c(-c4c([2H])c([2H])c([2H])c([2H])c4-n4c5ccccc5c5ccccc54)c([2H])c32)c([2H])c([2H])c1[2H]. The highest BCUT2D eigenvalue weighted by Crippen LogP contribution is 2.56. The van der Waals surface area contributed by atoms with Crippen LogP contribution in [0.5, 0.6) is 11.5 Å². The summed E-state index contributed by atoms with van der Waals surface area (Å²) >= 11 is 0. The van der Waals surface area contributed by atoms with Gasteiger partial charge in [0.05, 0.1) is 49.6 Å². The number of benzene rings is 7. The number of para-hydroxylation sites is 4. The molecule has 1 aliphatic rings. The molecule has 1 unspecified atom stereocenters. The van der Waals surface area contributed by atoms with Gasteiger partial charge in [0.2, 0.25) is 0 Å². The zero-order valence-corrected chi connectivity index (χ0v) is 23.1. The van der Waals surface area contributed by atoms with E-state index >= 15 is 0 Å². The Morgan fingerprint density at radius 3 is 1.93 bits per heavy atom. The Balaban J connectivity index is 1.61. The predicted octanol–water partition coefficient (Wildman–Crippen LogP) is 10.9. The Hall–Kier alpha value is -5.86. The van der Waals surface area contributed by atoms with Crippen molar-refractivity contribution in [3.8, 4) is 28.3 Å². The molecule has 0 aliphatic carbocycles. The van der Waals surface area contributed by atoms with Crippen LogP contribution in [-0.2, 0) is 5.41 Å². The van der Waals surface area contributed by atoms with Crippen LogP contribution < -0.4 is 4.74 Å². The molecular weight excluding hydrogens is 546 g/mol. The second-order valence-electron chi connectivity index (χ2n) is 10.2. The van der Waals surface area contributed by atoms with Gasteiger partial charge in [0, 0.05) is 27.5 Å². The Bertz CT molecular complexity index is 3380. The molecule has 45 heavy (non-hydrogen) atoms. The third-order valence-corrected chi connectivity index (χ3v) is 7.93. The summed E-state index contributed by atoms with van der Waals surface area (Å²) in [5.41, 5.74) is -6.79. The molecule has 0 bridgehead atoms. The highest BCUT2D eigenvalue weighted by Gasteiger charge is 2.45. The molecular formula is C43H29NO. The van der Waals surface area contributed by atoms with Crippen LogP contribution in [0.2, 0.25) is 0 Å². The van der Waals surface area contributed by atoms with Gasteiger partial charge in [-0.15, -0.1) is 0 Å². The van der Waals surface area contributed by atoms with Gasteiger partial charge >= 0.3 is 0 Å². The fourth-order valence-electron chi connectivity index (χ4n) is 6.12. The molecule has 0 amide bonds. The van der Waals surface area contributed by atoms with Crippen molar-refractivity contribution in [2.75, 3.05) is 0 Å². The van der Waals surface area contributed by atoms with Gasteiger partial charge in [-0.25, -0.2) is 0 Å². The average molecular weight is 596 g/mol. The van der Waals surface area contributed by atoms with Gasteiger partial charge in [-0.05, 0) is 53.0 Å². The van der Waals surface area contributed by atoms with E-state index in [0.717, 1.165) is 6.07 Å². The third-order valence-electron chi connectivity index (χ3n) is 7.93. The zero-order valence-electron chi connectivity index (χ0n) is 43.1. The molecule has 1 aromatic heterocycles. The van der Waals surface area contributed by atoms with Crippen LogP contribution in [-0.4, -0.2) is 4.57 Å². The maximum Gasteiger partial charge on any atom is 0.132 e. The van der Waals surface area contributed by atoms with Crippen molar-refractivity contribution in [3.63, 3.8) is 0 Å². The van der Waals surface area contributed by atoms with Gasteiger partial charge in [0.15, 0.2) is 0 Å². The minimum Gasteiger partial charge on any atom is -0.457 e. The summed E-state index contributed by atoms with van der Waals surface area (Å²) < 4.78 is 190. The lowest BCUT2D eigenvalue weighted by Crippen LogP contribution is -2.34. The number of rotatable bonds is 4. The molecule has 0 radical (unpaired) electrons. The molecule has 0 saturated heterocycles. The van der Waals surface area contributed by atoms with Gasteiger partial charge in [0.1, 0.15) is 11.5 Å². The molecule has 0 saturated carbocycles. The first-order valence-corrected chi connectivity index (χ1v) is 13.8. The molecule has 0 N–H and O–H groups in total. The van der Waals surface area contributed by atoms with E-state index in [1.54, 1.807) is 48.5 Å². The van der Waals surface area contributed by atoms with Crippen LogP contribution in [0, 0.1) is 0 Å². The molecule has 0 spiro atoms. The lowest BCUT2D eigenvalue weighted by atomic mass is 9.63. The Morgan fingerprint density at radius 1 is 0.511 bits per heavy atom. The first kappa shape index (κ1) is 12.6. The molecule has 212 valence electrons. The summed E-state index contributed by atoms with van der Waals surface area (Å²) in [6.45, 7) is 0. The first-order valence-electron chi connectivity index (χ1n) is 23.8. The highest BCUT2D eigenvalue weighted by molar-refractivity contribution is 6.09. The average Bonchev–Trinajstić information content (AvgIpc) is 3.62. The largest absolute Gasteiger partial charge is 0.457 e. The van der Waals surface area contributed by atoms with Gasteiger partial charge in [0.25, 0.3) is 0 Å². The number of fused-ring (bicyclic) bond motifs is 5. The van der Waals surface area contributed by atoms with Gasteiger partial charge in [-0.3, -0.25) is 0 Å². The minimum atomic E-state index is -3.03. The van der Waals surface area contributed by atoms with Gasteiger partial charge in [-0.1, -0.05) is 139 Å². The predicted molar refractivity (Wildman–Crippen MR) is 185 cm³/mol. The van der Waals surface area contributed by atoms with Crippen LogP contribution in [0.15, 0.2) is 175 Å². The van der Waals surface area contributed by atoms with Crippen molar-refractivity contribution < 1.29 is 32.2 Å². The number of nitrogens with zero attached hydrogens (tertiary/aromatic N) is 1. The molecule has 0 fully saturated rings. The number of hydrogen-bond acceptors (Lipinski definition) is 1. The smallest absolute Gasteiger partial charge is 0.132 e. The van der Waals surface area contributed by atoms with Crippen molar-refractivity contribution >= 4 is 21.8 Å². The molecule has 8 aromatic rings. The molecule has 9 rings (SSSR count). The maximum atomic E-state index is 10.3. The lowest BCUT2D eigenvalue weighted by Gasteiger charge is -2.41. The Morgan fingerprint density at radius 2 is 1.13 bits per heavy atom. The van der Waals surface area contributed by atoms with Crippen LogP contribution in [0.25, 0.3) is 38.6 Å². The summed E-state index contributed by atoms with van der Waals surface area (Å²) in [5.74, 6) is -1.64. The van der Waals surface area contributed by atoms with E-state index < -0.39 is 171 Å². The van der Waals surface area contributed by atoms with E-state index in [0.29, 0.717) is 21.8 Å². The van der Waals surface area contributed by atoms with Gasteiger partial charge in [-0.2, -0.15) is 0 Å². The van der Waals surface area contributed by atoms with E-state index in [9.17, 15) is 12.3 Å². The van der Waals surface area contributed by atoms with E-state index in [-0.39, 0.29) is 5.69 Å². The molecule has 7 aromatic carbocycles. The van der Waals surface area contributed by atoms with E-state index in [2.05, 4.69) is 0 Å².